The molecule has 2 heterocycles. The Balaban J connectivity index is 1.64. The molecular weight excluding hydrogens is 440 g/mol. The topological polar surface area (TPSA) is 126 Å². The predicted octanol–water partition coefficient (Wildman–Crippen LogP) is 3.81. The minimum atomic E-state index is -1.54. The number of benzene rings is 2. The number of carbonyl (C=O) groups excluding carboxylic acids is 1. The van der Waals surface area contributed by atoms with Gasteiger partial charge in [-0.05, 0) is 70.6 Å². The molecule has 0 amide bonds. The molecule has 2 aliphatic heterocycles. The Morgan fingerprint density at radius 2 is 1.94 bits per heavy atom. The third-order valence-corrected chi connectivity index (χ3v) is 6.67. The number of hydrogen-bond donors (Lipinski definition) is 4. The second-order valence-corrected chi connectivity index (χ2v) is 10.1. The lowest BCUT2D eigenvalue weighted by molar-refractivity contribution is 0.0189. The summed E-state index contributed by atoms with van der Waals surface area (Å²) < 4.78 is 17.4. The van der Waals surface area contributed by atoms with Gasteiger partial charge in [0.15, 0.2) is 23.7 Å². The number of phenolic OH excluding ortho intramolecular Hbond substituents is 2. The van der Waals surface area contributed by atoms with Crippen LogP contribution in [0.4, 0.5) is 0 Å². The number of methoxy groups -OCH3 is 1. The van der Waals surface area contributed by atoms with Crippen molar-refractivity contribution >= 4 is 5.78 Å². The number of ketones is 1. The summed E-state index contributed by atoms with van der Waals surface area (Å²) in [6.07, 6.45) is 0.708. The first-order valence-corrected chi connectivity index (χ1v) is 11.5. The molecule has 0 bridgehead atoms. The Morgan fingerprint density at radius 1 is 1.21 bits per heavy atom. The molecular formula is C26H32O8. The lowest BCUT2D eigenvalue weighted by atomic mass is 9.84. The molecule has 34 heavy (non-hydrogen) atoms. The van der Waals surface area contributed by atoms with E-state index < -0.39 is 29.2 Å². The Morgan fingerprint density at radius 3 is 2.62 bits per heavy atom. The lowest BCUT2D eigenvalue weighted by Crippen LogP contribution is -2.39. The second kappa shape index (κ2) is 8.67. The number of carbonyl (C=O) groups is 1. The second-order valence-electron chi connectivity index (χ2n) is 10.1. The summed E-state index contributed by atoms with van der Waals surface area (Å²) in [5.74, 6) is -0.185. The molecule has 8 nitrogen and oxygen atoms in total. The highest BCUT2D eigenvalue weighted by atomic mass is 16.5. The van der Waals surface area contributed by atoms with Gasteiger partial charge in [0.2, 0.25) is 5.78 Å². The molecule has 0 fully saturated rings. The molecule has 0 aromatic heterocycles. The molecule has 0 aliphatic carbocycles. The Labute approximate surface area is 198 Å². The minimum Gasteiger partial charge on any atom is -0.507 e. The number of phenols is 2. The van der Waals surface area contributed by atoms with E-state index >= 15 is 0 Å². The average Bonchev–Trinajstić information content (AvgIpc) is 2.75. The molecule has 184 valence electrons. The van der Waals surface area contributed by atoms with Crippen LogP contribution >= 0.6 is 0 Å². The number of aliphatic hydroxyl groups is 2. The van der Waals surface area contributed by atoms with Crippen LogP contribution in [-0.2, 0) is 6.42 Å². The van der Waals surface area contributed by atoms with Gasteiger partial charge >= 0.3 is 0 Å². The summed E-state index contributed by atoms with van der Waals surface area (Å²) in [6, 6.07) is 6.04. The minimum absolute atomic E-state index is 0.0533. The maximum atomic E-state index is 13.1. The van der Waals surface area contributed by atoms with Crippen LogP contribution in [0.15, 0.2) is 24.3 Å². The first kappa shape index (κ1) is 24.2. The Bertz CT molecular complexity index is 1100. The summed E-state index contributed by atoms with van der Waals surface area (Å²) >= 11 is 0. The summed E-state index contributed by atoms with van der Waals surface area (Å²) in [4.78, 5) is 13.1. The lowest BCUT2D eigenvalue weighted by Gasteiger charge is -2.38. The van der Waals surface area contributed by atoms with E-state index in [0.29, 0.717) is 36.1 Å². The van der Waals surface area contributed by atoms with Crippen LogP contribution in [0.2, 0.25) is 0 Å². The van der Waals surface area contributed by atoms with E-state index in [1.165, 1.54) is 19.2 Å². The predicted molar refractivity (Wildman–Crippen MR) is 124 cm³/mol. The molecule has 0 spiro atoms. The SMILES string of the molecule is COc1cc([C@H]2Oc3cc4c(c(O)c3C(=O)[C@@H]2O)CC[C@](C)(CCCC(C)(C)O)O4)ccc1O. The van der Waals surface area contributed by atoms with Crippen molar-refractivity contribution in [3.8, 4) is 28.7 Å². The van der Waals surface area contributed by atoms with Crippen LogP contribution < -0.4 is 14.2 Å². The van der Waals surface area contributed by atoms with Crippen molar-refractivity contribution in [2.75, 3.05) is 7.11 Å². The zero-order valence-electron chi connectivity index (χ0n) is 19.9. The number of aliphatic hydroxyl groups excluding tert-OH is 1. The fraction of sp³-hybridized carbons (Fsp3) is 0.500. The highest BCUT2D eigenvalue weighted by Crippen LogP contribution is 2.49. The highest BCUT2D eigenvalue weighted by Gasteiger charge is 2.42. The van der Waals surface area contributed by atoms with Gasteiger partial charge in [0.1, 0.15) is 28.4 Å². The monoisotopic (exact) mass is 472 g/mol. The van der Waals surface area contributed by atoms with E-state index in [1.54, 1.807) is 26.0 Å². The van der Waals surface area contributed by atoms with Crippen molar-refractivity contribution in [2.45, 2.75) is 76.3 Å². The Kier molecular flexibility index (Phi) is 6.16. The molecule has 2 aromatic carbocycles. The van der Waals surface area contributed by atoms with Crippen molar-refractivity contribution in [3.05, 3.63) is 41.0 Å². The molecule has 0 saturated heterocycles. The number of aromatic hydroxyl groups is 2. The maximum Gasteiger partial charge on any atom is 0.202 e. The zero-order chi connectivity index (χ0) is 24.8. The molecule has 0 unspecified atom stereocenters. The molecule has 4 N–H and O–H groups in total. The van der Waals surface area contributed by atoms with E-state index in [4.69, 9.17) is 14.2 Å². The van der Waals surface area contributed by atoms with E-state index in [0.717, 1.165) is 12.8 Å². The van der Waals surface area contributed by atoms with Crippen molar-refractivity contribution in [1.29, 1.82) is 0 Å². The molecule has 0 radical (unpaired) electrons. The Hall–Kier alpha value is -2.97. The van der Waals surface area contributed by atoms with E-state index in [2.05, 4.69) is 0 Å². The number of ether oxygens (including phenoxy) is 3. The first-order chi connectivity index (χ1) is 15.9. The van der Waals surface area contributed by atoms with E-state index in [9.17, 15) is 25.2 Å². The van der Waals surface area contributed by atoms with Gasteiger partial charge in [0, 0.05) is 11.6 Å². The molecule has 0 saturated carbocycles. The normalized spacial score (nSPS) is 24.0. The van der Waals surface area contributed by atoms with Crippen molar-refractivity contribution < 1.29 is 39.4 Å². The van der Waals surface area contributed by atoms with Gasteiger partial charge in [-0.25, -0.2) is 0 Å². The van der Waals surface area contributed by atoms with Crippen LogP contribution in [0.1, 0.15) is 74.0 Å². The van der Waals surface area contributed by atoms with Crippen molar-refractivity contribution in [1.82, 2.24) is 0 Å². The number of rotatable bonds is 6. The smallest absolute Gasteiger partial charge is 0.202 e. The quantitative estimate of drug-likeness (QED) is 0.500. The van der Waals surface area contributed by atoms with Crippen molar-refractivity contribution in [3.63, 3.8) is 0 Å². The molecule has 2 aromatic rings. The van der Waals surface area contributed by atoms with Gasteiger partial charge in [-0.2, -0.15) is 0 Å². The van der Waals surface area contributed by atoms with Crippen LogP contribution in [0, 0.1) is 0 Å². The fourth-order valence-corrected chi connectivity index (χ4v) is 4.71. The third kappa shape index (κ3) is 4.52. The van der Waals surface area contributed by atoms with E-state index in [1.807, 2.05) is 6.92 Å². The molecule has 8 heteroatoms. The number of hydrogen-bond acceptors (Lipinski definition) is 8. The van der Waals surface area contributed by atoms with E-state index in [-0.39, 0.29) is 28.6 Å². The van der Waals surface area contributed by atoms with Crippen LogP contribution in [0.3, 0.4) is 0 Å². The maximum absolute atomic E-state index is 13.1. The van der Waals surface area contributed by atoms with Gasteiger partial charge in [0.25, 0.3) is 0 Å². The van der Waals surface area contributed by atoms with Gasteiger partial charge in [-0.15, -0.1) is 0 Å². The first-order valence-electron chi connectivity index (χ1n) is 11.5. The summed E-state index contributed by atoms with van der Waals surface area (Å²) in [5.41, 5.74) is -0.326. The van der Waals surface area contributed by atoms with Gasteiger partial charge < -0.3 is 34.6 Å². The summed E-state index contributed by atoms with van der Waals surface area (Å²) in [6.45, 7) is 5.55. The van der Waals surface area contributed by atoms with Crippen LogP contribution in [0.5, 0.6) is 28.7 Å². The van der Waals surface area contributed by atoms with Gasteiger partial charge in [0.05, 0.1) is 12.7 Å². The van der Waals surface area contributed by atoms with Crippen LogP contribution in [-0.4, -0.2) is 50.6 Å². The molecule has 2 aliphatic rings. The van der Waals surface area contributed by atoms with Crippen molar-refractivity contribution in [2.24, 2.45) is 0 Å². The van der Waals surface area contributed by atoms with Gasteiger partial charge in [-0.3, -0.25) is 4.79 Å². The van der Waals surface area contributed by atoms with Gasteiger partial charge in [-0.1, -0.05) is 6.07 Å². The number of Topliss-reactive ketones (excluding diaryl/α,β-unsaturated/α-hetero) is 1. The summed E-state index contributed by atoms with van der Waals surface area (Å²) in [7, 11) is 1.40. The van der Waals surface area contributed by atoms with Crippen LogP contribution in [0.25, 0.3) is 0 Å². The average molecular weight is 473 g/mol. The zero-order valence-corrected chi connectivity index (χ0v) is 19.9. The molecule has 4 rings (SSSR count). The fourth-order valence-electron chi connectivity index (χ4n) is 4.71. The summed E-state index contributed by atoms with van der Waals surface area (Å²) in [5, 5.41) is 41.5. The molecule has 3 atom stereocenters. The largest absolute Gasteiger partial charge is 0.507 e. The standard InChI is InChI=1S/C26H32O8/c1-25(2,31)9-5-10-26(3)11-8-15-17(34-26)13-19-20(21(15)28)22(29)23(30)24(33-19)14-6-7-16(27)18(12-14)32-4/h6-7,12-13,23-24,27-28,30-31H,5,8-11H2,1-4H3/t23-,24+,26-/m0/s1. The third-order valence-electron chi connectivity index (χ3n) is 6.67. The number of fused-ring (bicyclic) bond motifs is 2. The highest BCUT2D eigenvalue weighted by molar-refractivity contribution is 6.06.